The lowest BCUT2D eigenvalue weighted by Crippen LogP contribution is -2.14. The molecule has 94 valence electrons. The van der Waals surface area contributed by atoms with Crippen LogP contribution in [0.3, 0.4) is 0 Å². The van der Waals surface area contributed by atoms with Crippen molar-refractivity contribution in [3.63, 3.8) is 0 Å². The molecule has 0 aliphatic heterocycles. The van der Waals surface area contributed by atoms with Crippen LogP contribution in [-0.2, 0) is 0 Å². The van der Waals surface area contributed by atoms with E-state index in [2.05, 4.69) is 15.3 Å². The van der Waals surface area contributed by atoms with Gasteiger partial charge in [0.25, 0.3) is 0 Å². The molecule has 0 radical (unpaired) electrons. The number of nitrogens with one attached hydrogen (secondary N) is 1. The molecule has 0 atom stereocenters. The Morgan fingerprint density at radius 2 is 2.11 bits per heavy atom. The van der Waals surface area contributed by atoms with Crippen LogP contribution in [-0.4, -0.2) is 23.1 Å². The molecule has 0 aliphatic carbocycles. The van der Waals surface area contributed by atoms with Gasteiger partial charge in [-0.2, -0.15) is 0 Å². The summed E-state index contributed by atoms with van der Waals surface area (Å²) >= 11 is 0. The second-order valence-electron chi connectivity index (χ2n) is 3.87. The first kappa shape index (κ1) is 12.4. The van der Waals surface area contributed by atoms with Crippen molar-refractivity contribution in [2.45, 2.75) is 6.92 Å². The summed E-state index contributed by atoms with van der Waals surface area (Å²) in [5.41, 5.74) is 7.16. The molecule has 1 aromatic carbocycles. The SMILES string of the molecule is Cc1ncc(NCCN)c(-c2ccccc2F)n1. The average Bonchev–Trinajstić information content (AvgIpc) is 2.38. The second-order valence-corrected chi connectivity index (χ2v) is 3.87. The monoisotopic (exact) mass is 246 g/mol. The van der Waals surface area contributed by atoms with Crippen LogP contribution in [0.4, 0.5) is 10.1 Å². The van der Waals surface area contributed by atoms with Gasteiger partial charge in [0.2, 0.25) is 0 Å². The predicted molar refractivity (Wildman–Crippen MR) is 69.7 cm³/mol. The number of aromatic nitrogens is 2. The van der Waals surface area contributed by atoms with Crippen LogP contribution >= 0.6 is 0 Å². The van der Waals surface area contributed by atoms with Crippen LogP contribution in [0.5, 0.6) is 0 Å². The molecule has 0 aliphatic rings. The van der Waals surface area contributed by atoms with E-state index in [9.17, 15) is 4.39 Å². The van der Waals surface area contributed by atoms with Gasteiger partial charge in [0.05, 0.1) is 11.9 Å². The van der Waals surface area contributed by atoms with Gasteiger partial charge in [0, 0.05) is 18.7 Å². The molecule has 0 unspecified atom stereocenters. The fourth-order valence-corrected chi connectivity index (χ4v) is 1.66. The summed E-state index contributed by atoms with van der Waals surface area (Å²) in [7, 11) is 0. The maximum absolute atomic E-state index is 13.8. The van der Waals surface area contributed by atoms with Crippen molar-refractivity contribution in [2.75, 3.05) is 18.4 Å². The molecule has 2 rings (SSSR count). The number of nitrogens with zero attached hydrogens (tertiary/aromatic N) is 2. The van der Waals surface area contributed by atoms with Gasteiger partial charge in [-0.05, 0) is 19.1 Å². The van der Waals surface area contributed by atoms with Crippen LogP contribution in [0.2, 0.25) is 0 Å². The van der Waals surface area contributed by atoms with Gasteiger partial charge in [-0.25, -0.2) is 14.4 Å². The Kier molecular flexibility index (Phi) is 3.84. The molecule has 0 fully saturated rings. The molecule has 0 saturated heterocycles. The van der Waals surface area contributed by atoms with Gasteiger partial charge in [0.1, 0.15) is 17.3 Å². The van der Waals surface area contributed by atoms with Gasteiger partial charge >= 0.3 is 0 Å². The molecule has 5 heteroatoms. The Morgan fingerprint density at radius 3 is 2.83 bits per heavy atom. The van der Waals surface area contributed by atoms with E-state index in [1.165, 1.54) is 6.07 Å². The molecular weight excluding hydrogens is 231 g/mol. The summed E-state index contributed by atoms with van der Waals surface area (Å²) in [4.78, 5) is 8.41. The van der Waals surface area contributed by atoms with E-state index in [0.29, 0.717) is 35.9 Å². The van der Waals surface area contributed by atoms with E-state index in [-0.39, 0.29) is 5.82 Å². The second kappa shape index (κ2) is 5.55. The maximum Gasteiger partial charge on any atom is 0.132 e. The van der Waals surface area contributed by atoms with E-state index in [0.717, 1.165) is 0 Å². The number of hydrogen-bond donors (Lipinski definition) is 2. The van der Waals surface area contributed by atoms with Gasteiger partial charge in [-0.3, -0.25) is 0 Å². The fraction of sp³-hybridized carbons (Fsp3) is 0.231. The topological polar surface area (TPSA) is 63.8 Å². The highest BCUT2D eigenvalue weighted by molar-refractivity contribution is 5.73. The summed E-state index contributed by atoms with van der Waals surface area (Å²) in [6.07, 6.45) is 1.65. The summed E-state index contributed by atoms with van der Waals surface area (Å²) in [5.74, 6) is 0.304. The molecular formula is C13H15FN4. The van der Waals surface area contributed by atoms with E-state index in [4.69, 9.17) is 5.73 Å². The Labute approximate surface area is 105 Å². The smallest absolute Gasteiger partial charge is 0.132 e. The van der Waals surface area contributed by atoms with Crippen molar-refractivity contribution >= 4 is 5.69 Å². The van der Waals surface area contributed by atoms with Gasteiger partial charge in [-0.15, -0.1) is 0 Å². The van der Waals surface area contributed by atoms with Crippen LogP contribution < -0.4 is 11.1 Å². The van der Waals surface area contributed by atoms with Crippen molar-refractivity contribution in [3.05, 3.63) is 42.1 Å². The predicted octanol–water partition coefficient (Wildman–Crippen LogP) is 1.96. The van der Waals surface area contributed by atoms with Crippen molar-refractivity contribution < 1.29 is 4.39 Å². The third-order valence-corrected chi connectivity index (χ3v) is 2.50. The quantitative estimate of drug-likeness (QED) is 0.865. The van der Waals surface area contributed by atoms with E-state index in [1.54, 1.807) is 31.3 Å². The van der Waals surface area contributed by atoms with Crippen molar-refractivity contribution in [3.8, 4) is 11.3 Å². The van der Waals surface area contributed by atoms with Gasteiger partial charge in [-0.1, -0.05) is 12.1 Å². The number of benzene rings is 1. The molecule has 1 heterocycles. The van der Waals surface area contributed by atoms with Crippen LogP contribution in [0.25, 0.3) is 11.3 Å². The molecule has 4 nitrogen and oxygen atoms in total. The number of aryl methyl sites for hydroxylation is 1. The molecule has 0 spiro atoms. The zero-order chi connectivity index (χ0) is 13.0. The Bertz CT molecular complexity index is 542. The van der Waals surface area contributed by atoms with Crippen LogP contribution in [0.1, 0.15) is 5.82 Å². The third kappa shape index (κ3) is 2.62. The Hall–Kier alpha value is -2.01. The maximum atomic E-state index is 13.8. The van der Waals surface area contributed by atoms with Crippen molar-refractivity contribution in [1.29, 1.82) is 0 Å². The van der Waals surface area contributed by atoms with E-state index >= 15 is 0 Å². The molecule has 0 amide bonds. The highest BCUT2D eigenvalue weighted by Gasteiger charge is 2.11. The molecule has 18 heavy (non-hydrogen) atoms. The summed E-state index contributed by atoms with van der Waals surface area (Å²) in [5, 5.41) is 3.10. The molecule has 3 N–H and O–H groups in total. The first-order valence-electron chi connectivity index (χ1n) is 5.75. The highest BCUT2D eigenvalue weighted by atomic mass is 19.1. The minimum atomic E-state index is -0.300. The molecule has 0 bridgehead atoms. The lowest BCUT2D eigenvalue weighted by atomic mass is 10.1. The molecule has 1 aromatic heterocycles. The lowest BCUT2D eigenvalue weighted by molar-refractivity contribution is 0.630. The first-order valence-corrected chi connectivity index (χ1v) is 5.75. The Morgan fingerprint density at radius 1 is 1.33 bits per heavy atom. The molecule has 0 saturated carbocycles. The first-order chi connectivity index (χ1) is 8.72. The highest BCUT2D eigenvalue weighted by Crippen LogP contribution is 2.27. The minimum absolute atomic E-state index is 0.300. The summed E-state index contributed by atoms with van der Waals surface area (Å²) < 4.78 is 13.8. The van der Waals surface area contributed by atoms with Crippen LogP contribution in [0.15, 0.2) is 30.5 Å². The zero-order valence-electron chi connectivity index (χ0n) is 10.2. The summed E-state index contributed by atoms with van der Waals surface area (Å²) in [6.45, 7) is 2.86. The number of halogens is 1. The average molecular weight is 246 g/mol. The van der Waals surface area contributed by atoms with E-state index in [1.807, 2.05) is 0 Å². The summed E-state index contributed by atoms with van der Waals surface area (Å²) in [6, 6.07) is 6.55. The van der Waals surface area contributed by atoms with Crippen molar-refractivity contribution in [2.24, 2.45) is 5.73 Å². The molecule has 2 aromatic rings. The zero-order valence-corrected chi connectivity index (χ0v) is 10.2. The minimum Gasteiger partial charge on any atom is -0.381 e. The standard InChI is InChI=1S/C13H15FN4/c1-9-17-8-12(16-7-6-15)13(18-9)10-4-2-3-5-11(10)14/h2-5,8,16H,6-7,15H2,1H3. The van der Waals surface area contributed by atoms with Crippen molar-refractivity contribution in [1.82, 2.24) is 9.97 Å². The number of rotatable bonds is 4. The lowest BCUT2D eigenvalue weighted by Gasteiger charge is -2.11. The van der Waals surface area contributed by atoms with E-state index < -0.39 is 0 Å². The van der Waals surface area contributed by atoms with Gasteiger partial charge in [0.15, 0.2) is 0 Å². The largest absolute Gasteiger partial charge is 0.381 e. The normalized spacial score (nSPS) is 10.4. The van der Waals surface area contributed by atoms with Gasteiger partial charge < -0.3 is 11.1 Å². The number of hydrogen-bond acceptors (Lipinski definition) is 4. The number of nitrogens with two attached hydrogens (primary N) is 1. The fourth-order valence-electron chi connectivity index (χ4n) is 1.66. The Balaban J connectivity index is 2.48. The third-order valence-electron chi connectivity index (χ3n) is 2.50. The number of anilines is 1. The van der Waals surface area contributed by atoms with Crippen LogP contribution in [0, 0.1) is 12.7 Å².